The van der Waals surface area contributed by atoms with Crippen LogP contribution in [-0.2, 0) is 4.79 Å². The lowest BCUT2D eigenvalue weighted by Gasteiger charge is -2.32. The summed E-state index contributed by atoms with van der Waals surface area (Å²) in [6.45, 7) is 7.67. The molecule has 122 valence electrons. The van der Waals surface area contributed by atoms with Crippen LogP contribution in [0.4, 0.5) is 0 Å². The lowest BCUT2D eigenvalue weighted by Crippen LogP contribution is -2.51. The minimum Gasteiger partial charge on any atom is -0.490 e. The summed E-state index contributed by atoms with van der Waals surface area (Å²) in [6.07, 6.45) is 1.25. The zero-order valence-corrected chi connectivity index (χ0v) is 13.5. The zero-order valence-electron chi connectivity index (χ0n) is 13.5. The van der Waals surface area contributed by atoms with E-state index in [-0.39, 0.29) is 5.91 Å². The van der Waals surface area contributed by atoms with Crippen molar-refractivity contribution in [3.8, 4) is 11.5 Å². The predicted octanol–water partition coefficient (Wildman–Crippen LogP) is 2.06. The quantitative estimate of drug-likeness (QED) is 0.784. The fourth-order valence-electron chi connectivity index (χ4n) is 2.57. The highest BCUT2D eigenvalue weighted by Gasteiger charge is 2.19. The molecule has 0 saturated carbocycles. The average Bonchev–Trinajstić information content (AvgIpc) is 2.53. The molecule has 0 aliphatic carbocycles. The average molecular weight is 306 g/mol. The number of amides is 1. The van der Waals surface area contributed by atoms with Gasteiger partial charge in [0.15, 0.2) is 11.5 Å². The van der Waals surface area contributed by atoms with Crippen LogP contribution in [0.1, 0.15) is 26.7 Å². The highest BCUT2D eigenvalue weighted by atomic mass is 16.5. The molecule has 22 heavy (non-hydrogen) atoms. The molecule has 1 fully saturated rings. The molecule has 2 rings (SSSR count). The van der Waals surface area contributed by atoms with E-state index in [1.54, 1.807) is 0 Å². The van der Waals surface area contributed by atoms with Crippen molar-refractivity contribution in [2.75, 3.05) is 32.8 Å². The van der Waals surface area contributed by atoms with Gasteiger partial charge in [-0.1, -0.05) is 12.1 Å². The van der Waals surface area contributed by atoms with Gasteiger partial charge in [0.1, 0.15) is 0 Å². The molecule has 1 aromatic carbocycles. The Labute approximate surface area is 132 Å². The fourth-order valence-corrected chi connectivity index (χ4v) is 2.57. The monoisotopic (exact) mass is 306 g/mol. The number of carbonyl (C=O) groups excluding carboxylic acids is 1. The Morgan fingerprint density at radius 2 is 2.05 bits per heavy atom. The first-order chi connectivity index (χ1) is 10.7. The van der Waals surface area contributed by atoms with Gasteiger partial charge < -0.3 is 19.7 Å². The highest BCUT2D eigenvalue weighted by molar-refractivity contribution is 5.76. The molecule has 1 heterocycles. The van der Waals surface area contributed by atoms with Crippen molar-refractivity contribution in [1.82, 2.24) is 10.2 Å². The van der Waals surface area contributed by atoms with E-state index >= 15 is 0 Å². The normalized spacial score (nSPS) is 18.1. The molecule has 0 spiro atoms. The number of para-hydroxylation sites is 2. The van der Waals surface area contributed by atoms with Gasteiger partial charge in [-0.2, -0.15) is 0 Å². The molecular formula is C17H26N2O3. The number of rotatable bonds is 7. The molecule has 1 aliphatic heterocycles. The van der Waals surface area contributed by atoms with Crippen LogP contribution in [0, 0.1) is 0 Å². The standard InChI is InChI=1S/C17H26N2O3/c1-3-21-15-7-4-5-8-16(15)22-12-6-9-17(20)19-11-10-18-14(2)13-19/h4-5,7-8,14,18H,3,6,9-13H2,1-2H3. The second kappa shape index (κ2) is 8.63. The van der Waals surface area contributed by atoms with Crippen molar-refractivity contribution in [2.24, 2.45) is 0 Å². The second-order valence-corrected chi connectivity index (χ2v) is 5.53. The van der Waals surface area contributed by atoms with E-state index in [1.165, 1.54) is 0 Å². The van der Waals surface area contributed by atoms with Crippen LogP contribution in [0.2, 0.25) is 0 Å². The number of benzene rings is 1. The Hall–Kier alpha value is -1.75. The third-order valence-corrected chi connectivity index (χ3v) is 3.66. The van der Waals surface area contributed by atoms with Gasteiger partial charge in [-0.15, -0.1) is 0 Å². The third kappa shape index (κ3) is 4.91. The van der Waals surface area contributed by atoms with E-state index in [1.807, 2.05) is 36.1 Å². The molecule has 0 bridgehead atoms. The number of hydrogen-bond donors (Lipinski definition) is 1. The Morgan fingerprint density at radius 3 is 2.73 bits per heavy atom. The van der Waals surface area contributed by atoms with Gasteiger partial charge >= 0.3 is 0 Å². The maximum atomic E-state index is 12.1. The summed E-state index contributed by atoms with van der Waals surface area (Å²) >= 11 is 0. The van der Waals surface area contributed by atoms with Gasteiger partial charge in [0.05, 0.1) is 13.2 Å². The van der Waals surface area contributed by atoms with Gasteiger partial charge in [-0.05, 0) is 32.4 Å². The lowest BCUT2D eigenvalue weighted by atomic mass is 10.2. The van der Waals surface area contributed by atoms with E-state index in [9.17, 15) is 4.79 Å². The minimum atomic E-state index is 0.218. The van der Waals surface area contributed by atoms with Crippen molar-refractivity contribution < 1.29 is 14.3 Å². The Balaban J connectivity index is 1.71. The summed E-state index contributed by atoms with van der Waals surface area (Å²) < 4.78 is 11.3. The van der Waals surface area contributed by atoms with Crippen LogP contribution in [0.3, 0.4) is 0 Å². The summed E-state index contributed by atoms with van der Waals surface area (Å²) in [5.41, 5.74) is 0. The van der Waals surface area contributed by atoms with Gasteiger partial charge in [-0.25, -0.2) is 0 Å². The van der Waals surface area contributed by atoms with Gasteiger partial charge in [-0.3, -0.25) is 4.79 Å². The van der Waals surface area contributed by atoms with Gasteiger partial charge in [0.2, 0.25) is 5.91 Å². The predicted molar refractivity (Wildman–Crippen MR) is 86.4 cm³/mol. The molecule has 5 nitrogen and oxygen atoms in total. The van der Waals surface area contributed by atoms with Crippen LogP contribution in [-0.4, -0.2) is 49.7 Å². The zero-order chi connectivity index (χ0) is 15.8. The minimum absolute atomic E-state index is 0.218. The van der Waals surface area contributed by atoms with Crippen molar-refractivity contribution in [3.05, 3.63) is 24.3 Å². The van der Waals surface area contributed by atoms with Crippen LogP contribution >= 0.6 is 0 Å². The number of ether oxygens (including phenoxy) is 2. The van der Waals surface area contributed by atoms with Crippen LogP contribution in [0.25, 0.3) is 0 Å². The van der Waals surface area contributed by atoms with Crippen molar-refractivity contribution >= 4 is 5.91 Å². The van der Waals surface area contributed by atoms with Crippen molar-refractivity contribution in [3.63, 3.8) is 0 Å². The van der Waals surface area contributed by atoms with E-state index in [2.05, 4.69) is 12.2 Å². The summed E-state index contributed by atoms with van der Waals surface area (Å²) in [5, 5.41) is 3.34. The second-order valence-electron chi connectivity index (χ2n) is 5.53. The first kappa shape index (κ1) is 16.6. The summed E-state index contributed by atoms with van der Waals surface area (Å²) in [6, 6.07) is 8.02. The molecule has 1 atom stereocenters. The van der Waals surface area contributed by atoms with E-state index in [4.69, 9.17) is 9.47 Å². The SMILES string of the molecule is CCOc1ccccc1OCCCC(=O)N1CCNC(C)C1. The molecule has 1 unspecified atom stereocenters. The van der Waals surface area contributed by atoms with Crippen molar-refractivity contribution in [1.29, 1.82) is 0 Å². The number of nitrogens with one attached hydrogen (secondary N) is 1. The number of carbonyl (C=O) groups is 1. The highest BCUT2D eigenvalue weighted by Crippen LogP contribution is 2.26. The molecule has 1 N–H and O–H groups in total. The molecule has 1 aliphatic rings. The molecular weight excluding hydrogens is 280 g/mol. The van der Waals surface area contributed by atoms with Gasteiger partial charge in [0.25, 0.3) is 0 Å². The summed E-state index contributed by atoms with van der Waals surface area (Å²) in [7, 11) is 0. The first-order valence-electron chi connectivity index (χ1n) is 8.06. The molecule has 1 amide bonds. The summed E-state index contributed by atoms with van der Waals surface area (Å²) in [5.74, 6) is 1.72. The Bertz CT molecular complexity index is 479. The van der Waals surface area contributed by atoms with E-state index in [0.29, 0.717) is 25.7 Å². The van der Waals surface area contributed by atoms with Crippen LogP contribution in [0.5, 0.6) is 11.5 Å². The number of piperazine rings is 1. The lowest BCUT2D eigenvalue weighted by molar-refractivity contribution is -0.132. The maximum Gasteiger partial charge on any atom is 0.222 e. The number of hydrogen-bond acceptors (Lipinski definition) is 4. The van der Waals surface area contributed by atoms with Crippen molar-refractivity contribution in [2.45, 2.75) is 32.7 Å². The van der Waals surface area contributed by atoms with Crippen LogP contribution in [0.15, 0.2) is 24.3 Å². The number of nitrogens with zero attached hydrogens (tertiary/aromatic N) is 1. The fraction of sp³-hybridized carbons (Fsp3) is 0.588. The van der Waals surface area contributed by atoms with Gasteiger partial charge in [0, 0.05) is 32.1 Å². The smallest absolute Gasteiger partial charge is 0.222 e. The molecule has 0 radical (unpaired) electrons. The molecule has 5 heteroatoms. The topological polar surface area (TPSA) is 50.8 Å². The Kier molecular flexibility index (Phi) is 6.52. The van der Waals surface area contributed by atoms with E-state index < -0.39 is 0 Å². The first-order valence-corrected chi connectivity index (χ1v) is 8.06. The third-order valence-electron chi connectivity index (χ3n) is 3.66. The Morgan fingerprint density at radius 1 is 1.32 bits per heavy atom. The molecule has 1 aromatic rings. The maximum absolute atomic E-state index is 12.1. The van der Waals surface area contributed by atoms with E-state index in [0.717, 1.165) is 37.6 Å². The van der Waals surface area contributed by atoms with Crippen LogP contribution < -0.4 is 14.8 Å². The molecule has 0 aromatic heterocycles. The molecule has 1 saturated heterocycles. The largest absolute Gasteiger partial charge is 0.490 e. The summed E-state index contributed by atoms with van der Waals surface area (Å²) in [4.78, 5) is 14.1.